The number of hydrogen-bond donors (Lipinski definition) is 0. The predicted molar refractivity (Wildman–Crippen MR) is 133 cm³/mol. The summed E-state index contributed by atoms with van der Waals surface area (Å²) >= 11 is 0. The summed E-state index contributed by atoms with van der Waals surface area (Å²) < 4.78 is 40.1. The standard InChI is InChI=1S/C28H29F2N3O3/c1-5-26(30)36-25-13-18(12-24(35-4)27(25)23(34)8-6-7-17-11-21(17)29)20-14-32-33-15-19(9-10-22(20)33)28(2,3)16-31/h5,9-10,12-15,17,21,26H,1,6-8,11H2,2-4H3/t17?,21-,26?/m0/s1. The van der Waals surface area contributed by atoms with Crippen LogP contribution in [0.3, 0.4) is 0 Å². The molecule has 6 nitrogen and oxygen atoms in total. The van der Waals surface area contributed by atoms with Gasteiger partial charge in [-0.15, -0.1) is 0 Å². The van der Waals surface area contributed by atoms with Crippen LogP contribution in [0.1, 0.15) is 55.5 Å². The van der Waals surface area contributed by atoms with Gasteiger partial charge in [-0.25, -0.2) is 8.91 Å². The first-order valence-corrected chi connectivity index (χ1v) is 11.9. The van der Waals surface area contributed by atoms with Crippen molar-refractivity contribution in [3.8, 4) is 28.7 Å². The third-order valence-corrected chi connectivity index (χ3v) is 6.63. The van der Waals surface area contributed by atoms with Crippen LogP contribution < -0.4 is 9.47 Å². The summed E-state index contributed by atoms with van der Waals surface area (Å²) in [5, 5.41) is 13.9. The van der Waals surface area contributed by atoms with Crippen molar-refractivity contribution in [3.05, 3.63) is 60.4 Å². The molecule has 0 amide bonds. The summed E-state index contributed by atoms with van der Waals surface area (Å²) in [5.41, 5.74) is 2.37. The largest absolute Gasteiger partial charge is 0.496 e. The minimum absolute atomic E-state index is 0.0312. The van der Waals surface area contributed by atoms with Gasteiger partial charge in [-0.3, -0.25) is 4.79 Å². The molecule has 36 heavy (non-hydrogen) atoms. The molecule has 8 heteroatoms. The Morgan fingerprint density at radius 2 is 2.11 bits per heavy atom. The molecule has 0 bridgehead atoms. The number of ether oxygens (including phenoxy) is 2. The summed E-state index contributed by atoms with van der Waals surface area (Å²) in [6.07, 6.45) is 3.76. The van der Waals surface area contributed by atoms with Crippen molar-refractivity contribution in [2.24, 2.45) is 5.92 Å². The van der Waals surface area contributed by atoms with Gasteiger partial charge in [0.15, 0.2) is 5.78 Å². The van der Waals surface area contributed by atoms with Crippen molar-refractivity contribution in [2.75, 3.05) is 7.11 Å². The molecular weight excluding hydrogens is 464 g/mol. The summed E-state index contributed by atoms with van der Waals surface area (Å²) in [7, 11) is 1.43. The average Bonchev–Trinajstić information content (AvgIpc) is 3.40. The molecule has 2 unspecified atom stereocenters. The van der Waals surface area contributed by atoms with Crippen molar-refractivity contribution < 1.29 is 23.0 Å². The van der Waals surface area contributed by atoms with Crippen molar-refractivity contribution >= 4 is 11.3 Å². The van der Waals surface area contributed by atoms with E-state index in [1.54, 1.807) is 29.0 Å². The maximum atomic E-state index is 14.2. The van der Waals surface area contributed by atoms with E-state index in [9.17, 15) is 18.8 Å². The van der Waals surface area contributed by atoms with Crippen LogP contribution in [0.15, 0.2) is 49.3 Å². The molecule has 1 aliphatic carbocycles. The Labute approximate surface area is 209 Å². The first-order valence-electron chi connectivity index (χ1n) is 11.9. The van der Waals surface area contributed by atoms with Gasteiger partial charge in [0.1, 0.15) is 23.2 Å². The van der Waals surface area contributed by atoms with E-state index in [0.29, 0.717) is 24.8 Å². The van der Waals surface area contributed by atoms with Crippen LogP contribution in [-0.4, -0.2) is 35.0 Å². The fourth-order valence-electron chi connectivity index (χ4n) is 4.24. The molecule has 0 N–H and O–H groups in total. The maximum absolute atomic E-state index is 14.2. The van der Waals surface area contributed by atoms with E-state index in [1.807, 2.05) is 26.0 Å². The number of fused-ring (bicyclic) bond motifs is 1. The van der Waals surface area contributed by atoms with Gasteiger partial charge in [-0.05, 0) is 74.4 Å². The number of pyridine rings is 1. The van der Waals surface area contributed by atoms with Crippen molar-refractivity contribution in [1.29, 1.82) is 5.26 Å². The molecule has 1 fully saturated rings. The molecule has 188 valence electrons. The number of nitriles is 1. The average molecular weight is 494 g/mol. The number of nitrogens with zero attached hydrogens (tertiary/aromatic N) is 3. The van der Waals surface area contributed by atoms with Gasteiger partial charge in [-0.1, -0.05) is 12.6 Å². The van der Waals surface area contributed by atoms with Crippen LogP contribution >= 0.6 is 0 Å². The van der Waals surface area contributed by atoms with E-state index in [2.05, 4.69) is 17.7 Å². The molecule has 1 aromatic carbocycles. The van der Waals surface area contributed by atoms with E-state index in [-0.39, 0.29) is 35.2 Å². The zero-order chi connectivity index (χ0) is 26.0. The molecular formula is C28H29F2N3O3. The molecule has 1 aliphatic rings. The van der Waals surface area contributed by atoms with Crippen LogP contribution in [0.25, 0.3) is 16.6 Å². The topological polar surface area (TPSA) is 76.6 Å². The Morgan fingerprint density at radius 3 is 2.75 bits per heavy atom. The summed E-state index contributed by atoms with van der Waals surface area (Å²) in [6, 6.07) is 9.30. The number of methoxy groups -OCH3 is 1. The lowest BCUT2D eigenvalue weighted by atomic mass is 9.87. The maximum Gasteiger partial charge on any atom is 0.257 e. The Bertz CT molecular complexity index is 1340. The molecule has 0 radical (unpaired) electrons. The zero-order valence-corrected chi connectivity index (χ0v) is 20.6. The van der Waals surface area contributed by atoms with E-state index >= 15 is 0 Å². The smallest absolute Gasteiger partial charge is 0.257 e. The second-order valence-electron chi connectivity index (χ2n) is 9.63. The highest BCUT2D eigenvalue weighted by Crippen LogP contribution is 2.40. The molecule has 1 saturated carbocycles. The van der Waals surface area contributed by atoms with Crippen molar-refractivity contribution in [1.82, 2.24) is 9.61 Å². The first-order chi connectivity index (χ1) is 17.2. The van der Waals surface area contributed by atoms with Crippen molar-refractivity contribution in [3.63, 3.8) is 0 Å². The number of carbonyl (C=O) groups is 1. The Balaban J connectivity index is 1.72. The predicted octanol–water partition coefficient (Wildman–Crippen LogP) is 6.38. The van der Waals surface area contributed by atoms with Crippen LogP contribution in [-0.2, 0) is 5.41 Å². The summed E-state index contributed by atoms with van der Waals surface area (Å²) in [6.45, 7) is 7.08. The Kier molecular flexibility index (Phi) is 7.11. The van der Waals surface area contributed by atoms with Gasteiger partial charge in [0.25, 0.3) is 6.36 Å². The van der Waals surface area contributed by atoms with E-state index in [0.717, 1.165) is 22.7 Å². The Morgan fingerprint density at radius 1 is 1.39 bits per heavy atom. The lowest BCUT2D eigenvalue weighted by Crippen LogP contribution is -2.14. The zero-order valence-electron chi connectivity index (χ0n) is 20.6. The second kappa shape index (κ2) is 10.1. The minimum Gasteiger partial charge on any atom is -0.496 e. The molecule has 3 atom stereocenters. The summed E-state index contributed by atoms with van der Waals surface area (Å²) in [4.78, 5) is 13.1. The van der Waals surface area contributed by atoms with Crippen LogP contribution in [0.4, 0.5) is 8.78 Å². The van der Waals surface area contributed by atoms with Gasteiger partial charge < -0.3 is 9.47 Å². The van der Waals surface area contributed by atoms with Gasteiger partial charge in [0.2, 0.25) is 0 Å². The van der Waals surface area contributed by atoms with Gasteiger partial charge >= 0.3 is 0 Å². The highest BCUT2D eigenvalue weighted by molar-refractivity contribution is 6.02. The fraction of sp³-hybridized carbons (Fsp3) is 0.393. The molecule has 2 aromatic heterocycles. The molecule has 0 saturated heterocycles. The van der Waals surface area contributed by atoms with Crippen LogP contribution in [0.5, 0.6) is 11.5 Å². The van der Waals surface area contributed by atoms with E-state index < -0.39 is 17.9 Å². The highest BCUT2D eigenvalue weighted by Gasteiger charge is 2.36. The molecule has 0 aliphatic heterocycles. The Hall–Kier alpha value is -3.73. The van der Waals surface area contributed by atoms with Crippen molar-refractivity contribution in [2.45, 2.75) is 57.5 Å². The number of aromatic nitrogens is 2. The minimum atomic E-state index is -1.82. The lowest BCUT2D eigenvalue weighted by molar-refractivity contribution is 0.0940. The third-order valence-electron chi connectivity index (χ3n) is 6.63. The number of alkyl halides is 2. The van der Waals surface area contributed by atoms with Gasteiger partial charge in [0.05, 0.1) is 30.3 Å². The molecule has 2 heterocycles. The third kappa shape index (κ3) is 5.11. The van der Waals surface area contributed by atoms with Gasteiger partial charge in [-0.2, -0.15) is 14.8 Å². The normalized spacial score (nSPS) is 17.9. The summed E-state index contributed by atoms with van der Waals surface area (Å²) in [5.74, 6) is 0.0610. The molecule has 0 spiro atoms. The first kappa shape index (κ1) is 25.4. The second-order valence-corrected chi connectivity index (χ2v) is 9.63. The van der Waals surface area contributed by atoms with Crippen LogP contribution in [0, 0.1) is 17.2 Å². The lowest BCUT2D eigenvalue weighted by Gasteiger charge is -2.17. The van der Waals surface area contributed by atoms with Gasteiger partial charge in [0, 0.05) is 18.2 Å². The number of hydrogen-bond acceptors (Lipinski definition) is 5. The molecule has 4 rings (SSSR count). The van der Waals surface area contributed by atoms with E-state index in [1.165, 1.54) is 7.11 Å². The quantitative estimate of drug-likeness (QED) is 0.229. The number of benzene rings is 1. The number of rotatable bonds is 11. The SMILES string of the molecule is C=CC(F)Oc1cc(-c2cnn3cc(C(C)(C)C#N)ccc23)cc(OC)c1C(=O)CCCC1C[C@@H]1F. The van der Waals surface area contributed by atoms with Crippen LogP contribution in [0.2, 0.25) is 0 Å². The number of ketones is 1. The number of halogens is 2. The monoisotopic (exact) mass is 493 g/mol. The highest BCUT2D eigenvalue weighted by atomic mass is 19.1. The number of carbonyl (C=O) groups excluding carboxylic acids is 1. The van der Waals surface area contributed by atoms with E-state index in [4.69, 9.17) is 9.47 Å². The molecule has 3 aromatic rings. The number of Topliss-reactive ketones (excluding diaryl/α,β-unsaturated/α-hetero) is 1. The fourth-order valence-corrected chi connectivity index (χ4v) is 4.24.